The Hall–Kier alpha value is -3.06. The van der Waals surface area contributed by atoms with E-state index in [1.807, 2.05) is 43.3 Å². The van der Waals surface area contributed by atoms with Crippen molar-refractivity contribution in [2.75, 3.05) is 18.5 Å². The van der Waals surface area contributed by atoms with E-state index >= 15 is 0 Å². The van der Waals surface area contributed by atoms with E-state index in [1.165, 1.54) is 0 Å². The van der Waals surface area contributed by atoms with Crippen LogP contribution in [0.15, 0.2) is 42.5 Å². The lowest BCUT2D eigenvalue weighted by atomic mass is 10.1. The number of aromatic amines is 1. The molecule has 24 heavy (non-hydrogen) atoms. The molecule has 0 amide bonds. The summed E-state index contributed by atoms with van der Waals surface area (Å²) in [5.74, 6) is 0.604. The third-order valence-electron chi connectivity index (χ3n) is 4.13. The van der Waals surface area contributed by atoms with Crippen molar-refractivity contribution in [1.82, 2.24) is 9.97 Å². The van der Waals surface area contributed by atoms with Gasteiger partial charge in [0.05, 0.1) is 16.6 Å². The Bertz CT molecular complexity index is 926. The van der Waals surface area contributed by atoms with Crippen LogP contribution in [0.3, 0.4) is 0 Å². The highest BCUT2D eigenvalue weighted by Crippen LogP contribution is 2.21. The molecule has 4 nitrogen and oxygen atoms in total. The molecule has 120 valence electrons. The molecule has 0 radical (unpaired) electrons. The van der Waals surface area contributed by atoms with Crippen molar-refractivity contribution in [2.45, 2.75) is 13.8 Å². The molecule has 0 saturated carbocycles. The molecule has 0 saturated heterocycles. The maximum atomic E-state index is 9.51. The maximum Gasteiger partial charge on any atom is 0.149 e. The average molecular weight is 316 g/mol. The quantitative estimate of drug-likeness (QED) is 0.726. The van der Waals surface area contributed by atoms with Crippen LogP contribution in [0.25, 0.3) is 22.7 Å². The Labute approximate surface area is 142 Å². The third-order valence-corrected chi connectivity index (χ3v) is 4.13. The van der Waals surface area contributed by atoms with Crippen LogP contribution in [0.1, 0.15) is 23.9 Å². The van der Waals surface area contributed by atoms with Crippen molar-refractivity contribution in [3.63, 3.8) is 0 Å². The van der Waals surface area contributed by atoms with Crippen molar-refractivity contribution in [3.8, 4) is 6.07 Å². The van der Waals surface area contributed by atoms with Gasteiger partial charge in [0.15, 0.2) is 0 Å². The van der Waals surface area contributed by atoms with Crippen LogP contribution in [0, 0.1) is 18.3 Å². The summed E-state index contributed by atoms with van der Waals surface area (Å²) in [6, 6.07) is 16.4. The number of nitrogens with one attached hydrogen (secondary N) is 1. The lowest BCUT2D eigenvalue weighted by Crippen LogP contribution is -2.15. The van der Waals surface area contributed by atoms with Gasteiger partial charge < -0.3 is 9.88 Å². The predicted octanol–water partition coefficient (Wildman–Crippen LogP) is 4.39. The van der Waals surface area contributed by atoms with E-state index in [0.29, 0.717) is 11.4 Å². The topological polar surface area (TPSA) is 55.7 Å². The molecule has 0 aliphatic carbocycles. The molecular formula is C20H20N4. The van der Waals surface area contributed by atoms with Crippen LogP contribution in [-0.2, 0) is 0 Å². The van der Waals surface area contributed by atoms with Crippen molar-refractivity contribution >= 4 is 28.4 Å². The Morgan fingerprint density at radius 1 is 1.25 bits per heavy atom. The van der Waals surface area contributed by atoms with E-state index in [9.17, 15) is 5.26 Å². The number of imidazole rings is 1. The van der Waals surface area contributed by atoms with Crippen molar-refractivity contribution < 1.29 is 0 Å². The van der Waals surface area contributed by atoms with Gasteiger partial charge in [-0.25, -0.2) is 4.98 Å². The summed E-state index contributed by atoms with van der Waals surface area (Å²) in [6.07, 6.45) is 1.86. The lowest BCUT2D eigenvalue weighted by molar-refractivity contribution is 0.968. The van der Waals surface area contributed by atoms with Gasteiger partial charge in [0, 0.05) is 19.3 Å². The third kappa shape index (κ3) is 3.16. The molecule has 0 aliphatic heterocycles. The van der Waals surface area contributed by atoms with Gasteiger partial charge in [-0.05, 0) is 55.3 Å². The fourth-order valence-corrected chi connectivity index (χ4v) is 2.58. The number of rotatable bonds is 4. The fraction of sp³-hybridized carbons (Fsp3) is 0.200. The molecule has 0 atom stereocenters. The van der Waals surface area contributed by atoms with Crippen molar-refractivity contribution in [3.05, 3.63) is 59.4 Å². The van der Waals surface area contributed by atoms with Gasteiger partial charge in [-0.1, -0.05) is 18.2 Å². The first kappa shape index (κ1) is 15.8. The highest BCUT2D eigenvalue weighted by atomic mass is 15.1. The smallest absolute Gasteiger partial charge is 0.149 e. The Kier molecular flexibility index (Phi) is 4.35. The first-order valence-corrected chi connectivity index (χ1v) is 8.00. The molecule has 0 fully saturated rings. The van der Waals surface area contributed by atoms with Crippen LogP contribution in [0.2, 0.25) is 0 Å². The van der Waals surface area contributed by atoms with Crippen LogP contribution in [0.5, 0.6) is 0 Å². The summed E-state index contributed by atoms with van der Waals surface area (Å²) < 4.78 is 0. The number of hydrogen-bond acceptors (Lipinski definition) is 3. The minimum atomic E-state index is 0.528. The molecule has 0 spiro atoms. The van der Waals surface area contributed by atoms with Gasteiger partial charge >= 0.3 is 0 Å². The van der Waals surface area contributed by atoms with E-state index in [1.54, 1.807) is 0 Å². The maximum absolute atomic E-state index is 9.51. The molecule has 1 heterocycles. The summed E-state index contributed by atoms with van der Waals surface area (Å²) in [4.78, 5) is 9.93. The van der Waals surface area contributed by atoms with E-state index < -0.39 is 0 Å². The number of aryl methyl sites for hydroxylation is 1. The molecular weight excluding hydrogens is 296 g/mol. The Morgan fingerprint density at radius 3 is 2.67 bits per heavy atom. The Balaban J connectivity index is 1.95. The van der Waals surface area contributed by atoms with E-state index in [0.717, 1.165) is 34.4 Å². The van der Waals surface area contributed by atoms with Crippen LogP contribution >= 0.6 is 0 Å². The number of fused-ring (bicyclic) bond motifs is 1. The van der Waals surface area contributed by atoms with E-state index in [2.05, 4.69) is 47.0 Å². The predicted molar refractivity (Wildman–Crippen MR) is 99.7 cm³/mol. The van der Waals surface area contributed by atoms with Gasteiger partial charge in [0.25, 0.3) is 0 Å². The number of hydrogen-bond donors (Lipinski definition) is 1. The molecule has 3 rings (SSSR count). The highest BCUT2D eigenvalue weighted by Gasteiger charge is 2.08. The van der Waals surface area contributed by atoms with Crippen molar-refractivity contribution in [1.29, 1.82) is 5.26 Å². The van der Waals surface area contributed by atoms with Crippen LogP contribution in [-0.4, -0.2) is 23.6 Å². The van der Waals surface area contributed by atoms with Crippen LogP contribution in [0.4, 0.5) is 5.69 Å². The highest BCUT2D eigenvalue weighted by molar-refractivity contribution is 5.90. The average Bonchev–Trinajstić information content (AvgIpc) is 3.02. The summed E-state index contributed by atoms with van der Waals surface area (Å²) in [5, 5.41) is 9.51. The minimum Gasteiger partial charge on any atom is -0.375 e. The number of H-pyrrole nitrogens is 1. The normalized spacial score (nSPS) is 11.5. The minimum absolute atomic E-state index is 0.528. The Morgan fingerprint density at radius 2 is 2.00 bits per heavy atom. The number of nitriles is 1. The van der Waals surface area contributed by atoms with Crippen LogP contribution < -0.4 is 4.90 Å². The molecule has 4 heteroatoms. The summed E-state index contributed by atoms with van der Waals surface area (Å²) in [5.41, 5.74) is 5.66. The largest absolute Gasteiger partial charge is 0.375 e. The van der Waals surface area contributed by atoms with Gasteiger partial charge in [-0.3, -0.25) is 0 Å². The number of allylic oxidation sites excluding steroid dienone is 1. The van der Waals surface area contributed by atoms with Gasteiger partial charge in [0.1, 0.15) is 11.9 Å². The van der Waals surface area contributed by atoms with Gasteiger partial charge in [-0.15, -0.1) is 0 Å². The first-order chi connectivity index (χ1) is 11.6. The number of anilines is 1. The number of benzene rings is 2. The van der Waals surface area contributed by atoms with Gasteiger partial charge in [0.2, 0.25) is 0 Å². The molecule has 0 bridgehead atoms. The van der Waals surface area contributed by atoms with E-state index in [4.69, 9.17) is 0 Å². The zero-order valence-corrected chi connectivity index (χ0v) is 14.2. The molecule has 1 N–H and O–H groups in total. The second-order valence-corrected chi connectivity index (χ2v) is 5.88. The zero-order chi connectivity index (χ0) is 17.1. The summed E-state index contributed by atoms with van der Waals surface area (Å²) in [7, 11) is 2.06. The van der Waals surface area contributed by atoms with Crippen molar-refractivity contribution in [2.24, 2.45) is 0 Å². The second kappa shape index (κ2) is 6.59. The fourth-order valence-electron chi connectivity index (χ4n) is 2.58. The molecule has 0 unspecified atom stereocenters. The summed E-state index contributed by atoms with van der Waals surface area (Å²) >= 11 is 0. The SMILES string of the molecule is CCN(C)c1ccc(C=C(C#N)c2nc3ccc(C)cc3[nH]2)cc1. The van der Waals surface area contributed by atoms with E-state index in [-0.39, 0.29) is 0 Å². The molecule has 3 aromatic rings. The molecule has 0 aliphatic rings. The monoisotopic (exact) mass is 316 g/mol. The zero-order valence-electron chi connectivity index (χ0n) is 14.2. The number of aromatic nitrogens is 2. The van der Waals surface area contributed by atoms with Gasteiger partial charge in [-0.2, -0.15) is 5.26 Å². The molecule has 1 aromatic heterocycles. The second-order valence-electron chi connectivity index (χ2n) is 5.88. The number of nitrogens with zero attached hydrogens (tertiary/aromatic N) is 3. The molecule has 2 aromatic carbocycles. The lowest BCUT2D eigenvalue weighted by Gasteiger charge is -2.16. The first-order valence-electron chi connectivity index (χ1n) is 8.00. The summed E-state index contributed by atoms with van der Waals surface area (Å²) in [6.45, 7) is 5.11. The standard InChI is InChI=1S/C20H20N4/c1-4-24(3)17-8-6-15(7-9-17)12-16(13-21)20-22-18-10-5-14(2)11-19(18)23-20/h5-12H,4H2,1-3H3,(H,22,23).